The standard InChI is InChI=1S/C32H25FN6O/c33-23-10-4-8-21(14-23)29-17-27(34)26-16-24(12-13-28(26)37-29)36-31-18-30(38-32(35)39-31)22-9-5-11-25(15-22)40-19-20-6-2-1-3-7-20/h1-18H,19H2,(H2,34,37)(H3,35,36,38,39). The third kappa shape index (κ3) is 5.51. The van der Waals surface area contributed by atoms with Crippen LogP contribution in [0.1, 0.15) is 5.56 Å². The molecule has 0 fully saturated rings. The average molecular weight is 529 g/mol. The number of ether oxygens (including phenoxy) is 1. The highest BCUT2D eigenvalue weighted by Crippen LogP contribution is 2.31. The molecule has 6 aromatic rings. The molecule has 0 spiro atoms. The molecule has 4 aromatic carbocycles. The van der Waals surface area contributed by atoms with Crippen LogP contribution in [0.4, 0.5) is 27.5 Å². The Morgan fingerprint density at radius 3 is 2.30 bits per heavy atom. The minimum atomic E-state index is -0.326. The molecular formula is C32H25FN6O. The van der Waals surface area contributed by atoms with Gasteiger partial charge in [-0.25, -0.2) is 14.4 Å². The van der Waals surface area contributed by atoms with E-state index in [4.69, 9.17) is 16.2 Å². The lowest BCUT2D eigenvalue weighted by molar-refractivity contribution is 0.306. The van der Waals surface area contributed by atoms with Gasteiger partial charge in [-0.2, -0.15) is 4.98 Å². The minimum Gasteiger partial charge on any atom is -0.489 e. The van der Waals surface area contributed by atoms with Crippen molar-refractivity contribution in [2.24, 2.45) is 0 Å². The molecule has 196 valence electrons. The summed E-state index contributed by atoms with van der Waals surface area (Å²) in [4.78, 5) is 13.5. The number of rotatable bonds is 7. The van der Waals surface area contributed by atoms with Crippen molar-refractivity contribution in [2.45, 2.75) is 6.61 Å². The van der Waals surface area contributed by atoms with E-state index in [9.17, 15) is 4.39 Å². The maximum absolute atomic E-state index is 13.7. The van der Waals surface area contributed by atoms with Crippen LogP contribution in [0.2, 0.25) is 0 Å². The second-order valence-corrected chi connectivity index (χ2v) is 9.26. The number of fused-ring (bicyclic) bond motifs is 1. The summed E-state index contributed by atoms with van der Waals surface area (Å²) in [6, 6.07) is 33.1. The average Bonchev–Trinajstić information content (AvgIpc) is 2.97. The maximum Gasteiger partial charge on any atom is 0.222 e. The summed E-state index contributed by atoms with van der Waals surface area (Å²) in [5, 5.41) is 4.05. The number of halogens is 1. The van der Waals surface area contributed by atoms with Gasteiger partial charge in [-0.15, -0.1) is 0 Å². The summed E-state index contributed by atoms with van der Waals surface area (Å²) in [6.45, 7) is 0.465. The van der Waals surface area contributed by atoms with E-state index >= 15 is 0 Å². The molecule has 0 amide bonds. The van der Waals surface area contributed by atoms with Crippen LogP contribution in [-0.4, -0.2) is 15.0 Å². The zero-order valence-electron chi connectivity index (χ0n) is 21.4. The monoisotopic (exact) mass is 528 g/mol. The van der Waals surface area contributed by atoms with Crippen LogP contribution >= 0.6 is 0 Å². The quantitative estimate of drug-likeness (QED) is 0.205. The molecule has 0 aliphatic heterocycles. The van der Waals surface area contributed by atoms with Crippen LogP contribution in [0.25, 0.3) is 33.4 Å². The highest BCUT2D eigenvalue weighted by molar-refractivity contribution is 5.95. The summed E-state index contributed by atoms with van der Waals surface area (Å²) in [5.41, 5.74) is 18.3. The van der Waals surface area contributed by atoms with E-state index in [1.54, 1.807) is 18.2 Å². The van der Waals surface area contributed by atoms with Crippen molar-refractivity contribution in [3.05, 3.63) is 121 Å². The summed E-state index contributed by atoms with van der Waals surface area (Å²) < 4.78 is 19.7. The van der Waals surface area contributed by atoms with Gasteiger partial charge in [-0.1, -0.05) is 54.6 Å². The zero-order valence-corrected chi connectivity index (χ0v) is 21.4. The third-order valence-corrected chi connectivity index (χ3v) is 6.36. The molecule has 0 atom stereocenters. The highest BCUT2D eigenvalue weighted by Gasteiger charge is 2.10. The number of pyridine rings is 1. The van der Waals surface area contributed by atoms with Crippen LogP contribution in [0.15, 0.2) is 109 Å². The van der Waals surface area contributed by atoms with Crippen molar-refractivity contribution >= 4 is 34.0 Å². The van der Waals surface area contributed by atoms with E-state index in [2.05, 4.69) is 20.3 Å². The van der Waals surface area contributed by atoms with Crippen LogP contribution in [0, 0.1) is 5.82 Å². The molecule has 0 aliphatic rings. The molecule has 0 saturated heterocycles. The molecular weight excluding hydrogens is 503 g/mol. The van der Waals surface area contributed by atoms with Gasteiger partial charge < -0.3 is 21.5 Å². The normalized spacial score (nSPS) is 10.9. The lowest BCUT2D eigenvalue weighted by Crippen LogP contribution is -2.02. The number of benzene rings is 4. The number of hydrogen-bond acceptors (Lipinski definition) is 7. The van der Waals surface area contributed by atoms with Gasteiger partial charge in [0.05, 0.1) is 16.9 Å². The van der Waals surface area contributed by atoms with Crippen LogP contribution in [0.3, 0.4) is 0 Å². The minimum absolute atomic E-state index is 0.136. The third-order valence-electron chi connectivity index (χ3n) is 6.36. The van der Waals surface area contributed by atoms with E-state index in [0.717, 1.165) is 28.0 Å². The molecule has 6 rings (SSSR count). The Labute approximate surface area is 230 Å². The Balaban J connectivity index is 1.24. The summed E-state index contributed by atoms with van der Waals surface area (Å²) >= 11 is 0. The van der Waals surface area contributed by atoms with Crippen molar-refractivity contribution in [1.29, 1.82) is 0 Å². The van der Waals surface area contributed by atoms with Crippen molar-refractivity contribution in [2.75, 3.05) is 16.8 Å². The van der Waals surface area contributed by atoms with E-state index in [1.165, 1.54) is 12.1 Å². The number of nitrogen functional groups attached to an aromatic ring is 2. The lowest BCUT2D eigenvalue weighted by atomic mass is 10.1. The molecule has 0 saturated carbocycles. The van der Waals surface area contributed by atoms with Gasteiger partial charge in [0.25, 0.3) is 0 Å². The van der Waals surface area contributed by atoms with Crippen molar-refractivity contribution in [3.8, 4) is 28.3 Å². The molecule has 8 heteroatoms. The van der Waals surface area contributed by atoms with Crippen LogP contribution < -0.4 is 21.5 Å². The van der Waals surface area contributed by atoms with Crippen LogP contribution in [0.5, 0.6) is 5.75 Å². The van der Waals surface area contributed by atoms with Crippen molar-refractivity contribution in [3.63, 3.8) is 0 Å². The molecule has 0 unspecified atom stereocenters. The first-order valence-corrected chi connectivity index (χ1v) is 12.7. The second-order valence-electron chi connectivity index (χ2n) is 9.26. The molecule has 40 heavy (non-hydrogen) atoms. The molecule has 0 bridgehead atoms. The smallest absolute Gasteiger partial charge is 0.222 e. The number of nitrogens with one attached hydrogen (secondary N) is 1. The summed E-state index contributed by atoms with van der Waals surface area (Å²) in [5.74, 6) is 1.06. The Kier molecular flexibility index (Phi) is 6.64. The lowest BCUT2D eigenvalue weighted by Gasteiger charge is -2.12. The van der Waals surface area contributed by atoms with Gasteiger partial charge in [-0.05, 0) is 54.1 Å². The van der Waals surface area contributed by atoms with Crippen molar-refractivity contribution in [1.82, 2.24) is 15.0 Å². The number of aromatic nitrogens is 3. The number of hydrogen-bond donors (Lipinski definition) is 3. The van der Waals surface area contributed by atoms with Gasteiger partial charge in [0.15, 0.2) is 0 Å². The number of anilines is 4. The predicted molar refractivity (Wildman–Crippen MR) is 157 cm³/mol. The van der Waals surface area contributed by atoms with Gasteiger partial charge in [0, 0.05) is 34.0 Å². The van der Waals surface area contributed by atoms with E-state index < -0.39 is 0 Å². The molecule has 5 N–H and O–H groups in total. The van der Waals surface area contributed by atoms with E-state index in [1.807, 2.05) is 78.9 Å². The largest absolute Gasteiger partial charge is 0.489 e. The Hall–Kier alpha value is -5.50. The Morgan fingerprint density at radius 2 is 1.48 bits per heavy atom. The topological polar surface area (TPSA) is 112 Å². The van der Waals surface area contributed by atoms with E-state index in [-0.39, 0.29) is 11.8 Å². The first-order valence-electron chi connectivity index (χ1n) is 12.7. The molecule has 2 heterocycles. The fourth-order valence-corrected chi connectivity index (χ4v) is 4.44. The zero-order chi connectivity index (χ0) is 27.5. The number of nitrogens with zero attached hydrogens (tertiary/aromatic N) is 3. The van der Waals surface area contributed by atoms with Gasteiger partial charge >= 0.3 is 0 Å². The fraction of sp³-hybridized carbons (Fsp3) is 0.0312. The Morgan fingerprint density at radius 1 is 0.700 bits per heavy atom. The maximum atomic E-state index is 13.7. The highest BCUT2D eigenvalue weighted by atomic mass is 19.1. The van der Waals surface area contributed by atoms with Gasteiger partial charge in [0.1, 0.15) is 24.0 Å². The molecule has 0 radical (unpaired) electrons. The van der Waals surface area contributed by atoms with E-state index in [0.29, 0.717) is 40.6 Å². The van der Waals surface area contributed by atoms with Crippen molar-refractivity contribution < 1.29 is 9.13 Å². The Bertz CT molecular complexity index is 1830. The van der Waals surface area contributed by atoms with Crippen LogP contribution in [-0.2, 0) is 6.61 Å². The van der Waals surface area contributed by atoms with Gasteiger partial charge in [-0.3, -0.25) is 0 Å². The predicted octanol–water partition coefficient (Wildman–Crippen LogP) is 6.98. The summed E-state index contributed by atoms with van der Waals surface area (Å²) in [6.07, 6.45) is 0. The fourth-order valence-electron chi connectivity index (χ4n) is 4.44. The molecule has 7 nitrogen and oxygen atoms in total. The first kappa shape index (κ1) is 24.8. The second kappa shape index (κ2) is 10.7. The molecule has 0 aliphatic carbocycles. The molecule has 2 aromatic heterocycles. The SMILES string of the molecule is Nc1nc(Nc2ccc3nc(-c4cccc(F)c4)cc(N)c3c2)cc(-c2cccc(OCc3ccccc3)c2)n1. The number of nitrogens with two attached hydrogens (primary N) is 2. The first-order chi connectivity index (χ1) is 19.5. The van der Waals surface area contributed by atoms with Gasteiger partial charge in [0.2, 0.25) is 5.95 Å². The summed E-state index contributed by atoms with van der Waals surface area (Å²) in [7, 11) is 0.